The van der Waals surface area contributed by atoms with Crippen LogP contribution in [0, 0.1) is 0 Å². The first-order valence-electron chi connectivity index (χ1n) is 7.70. The van der Waals surface area contributed by atoms with Crippen LogP contribution in [0.1, 0.15) is 12.1 Å². The SMILES string of the molecule is C[Si](C)(C)CCOCn1nc2cccc(Br)c2c1CCCCl. The number of aromatic nitrogens is 2. The second-order valence-electron chi connectivity index (χ2n) is 6.72. The van der Waals surface area contributed by atoms with Crippen LogP contribution in [0.5, 0.6) is 0 Å². The summed E-state index contributed by atoms with van der Waals surface area (Å²) in [7, 11) is -1.05. The van der Waals surface area contributed by atoms with E-state index in [0.29, 0.717) is 12.6 Å². The molecule has 3 nitrogen and oxygen atoms in total. The maximum Gasteiger partial charge on any atom is 0.139 e. The van der Waals surface area contributed by atoms with Crippen LogP contribution in [-0.4, -0.2) is 30.3 Å². The molecule has 0 atom stereocenters. The third kappa shape index (κ3) is 4.81. The fourth-order valence-corrected chi connectivity index (χ4v) is 3.80. The molecule has 22 heavy (non-hydrogen) atoms. The van der Waals surface area contributed by atoms with Crippen LogP contribution >= 0.6 is 27.5 Å². The van der Waals surface area contributed by atoms with E-state index < -0.39 is 8.07 Å². The molecular weight excluding hydrogens is 380 g/mol. The molecule has 0 unspecified atom stereocenters. The third-order valence-electron chi connectivity index (χ3n) is 3.58. The van der Waals surface area contributed by atoms with Gasteiger partial charge in [0.2, 0.25) is 0 Å². The Morgan fingerprint density at radius 2 is 2.09 bits per heavy atom. The number of alkyl halides is 1. The molecule has 0 saturated carbocycles. The maximum absolute atomic E-state index is 5.87. The van der Waals surface area contributed by atoms with Crippen LogP contribution in [0.3, 0.4) is 0 Å². The fraction of sp³-hybridized carbons (Fsp3) is 0.562. The molecule has 0 aliphatic carbocycles. The summed E-state index contributed by atoms with van der Waals surface area (Å²) in [5.74, 6) is 0.660. The number of aryl methyl sites for hydroxylation is 1. The lowest BCUT2D eigenvalue weighted by Crippen LogP contribution is -2.22. The topological polar surface area (TPSA) is 27.1 Å². The number of ether oxygens (including phenoxy) is 1. The number of benzene rings is 1. The normalized spacial score (nSPS) is 12.2. The monoisotopic (exact) mass is 402 g/mol. The van der Waals surface area contributed by atoms with Crippen molar-refractivity contribution in [3.05, 3.63) is 28.4 Å². The summed E-state index contributed by atoms with van der Waals surface area (Å²) < 4.78 is 8.95. The van der Waals surface area contributed by atoms with Gasteiger partial charge in [-0.3, -0.25) is 0 Å². The van der Waals surface area contributed by atoms with Crippen molar-refractivity contribution < 1.29 is 4.74 Å². The number of fused-ring (bicyclic) bond motifs is 1. The van der Waals surface area contributed by atoms with Crippen molar-refractivity contribution in [1.29, 1.82) is 0 Å². The van der Waals surface area contributed by atoms with E-state index in [1.54, 1.807) is 0 Å². The maximum atomic E-state index is 5.87. The zero-order valence-electron chi connectivity index (χ0n) is 13.5. The zero-order valence-corrected chi connectivity index (χ0v) is 16.9. The number of hydrogen-bond donors (Lipinski definition) is 0. The Morgan fingerprint density at radius 3 is 2.77 bits per heavy atom. The van der Waals surface area contributed by atoms with Gasteiger partial charge in [0, 0.05) is 30.4 Å². The van der Waals surface area contributed by atoms with Crippen molar-refractivity contribution >= 4 is 46.5 Å². The van der Waals surface area contributed by atoms with Gasteiger partial charge in [0.05, 0.1) is 11.2 Å². The summed E-state index contributed by atoms with van der Waals surface area (Å²) in [5, 5.41) is 5.87. The Balaban J connectivity index is 2.15. The molecule has 0 spiro atoms. The first kappa shape index (κ1) is 18.0. The molecule has 0 amide bonds. The zero-order chi connectivity index (χ0) is 16.2. The summed E-state index contributed by atoms with van der Waals surface area (Å²) in [6.07, 6.45) is 1.86. The highest BCUT2D eigenvalue weighted by Gasteiger charge is 2.15. The van der Waals surface area contributed by atoms with Crippen LogP contribution < -0.4 is 0 Å². The van der Waals surface area contributed by atoms with E-state index in [4.69, 9.17) is 21.4 Å². The molecule has 1 aromatic carbocycles. The van der Waals surface area contributed by atoms with Crippen molar-refractivity contribution in [2.45, 2.75) is 45.3 Å². The minimum absolute atomic E-state index is 0.517. The molecule has 0 radical (unpaired) electrons. The van der Waals surface area contributed by atoms with E-state index in [9.17, 15) is 0 Å². The van der Waals surface area contributed by atoms with Gasteiger partial charge in [0.1, 0.15) is 6.73 Å². The molecule has 0 aliphatic heterocycles. The molecule has 0 aliphatic rings. The Kier molecular flexibility index (Phi) is 6.50. The fourth-order valence-electron chi connectivity index (χ4n) is 2.33. The minimum atomic E-state index is -1.05. The lowest BCUT2D eigenvalue weighted by molar-refractivity contribution is 0.0770. The summed E-state index contributed by atoms with van der Waals surface area (Å²) >= 11 is 9.51. The second kappa shape index (κ2) is 7.95. The summed E-state index contributed by atoms with van der Waals surface area (Å²) in [6, 6.07) is 7.29. The summed E-state index contributed by atoms with van der Waals surface area (Å²) in [5.41, 5.74) is 2.21. The number of halogens is 2. The largest absolute Gasteiger partial charge is 0.360 e. The van der Waals surface area contributed by atoms with Crippen LogP contribution in [0.25, 0.3) is 10.9 Å². The van der Waals surface area contributed by atoms with Gasteiger partial charge in [-0.15, -0.1) is 11.6 Å². The highest BCUT2D eigenvalue weighted by atomic mass is 79.9. The van der Waals surface area contributed by atoms with E-state index in [0.717, 1.165) is 29.4 Å². The first-order valence-corrected chi connectivity index (χ1v) is 12.7. The molecule has 122 valence electrons. The van der Waals surface area contributed by atoms with Crippen LogP contribution in [0.2, 0.25) is 25.7 Å². The minimum Gasteiger partial charge on any atom is -0.360 e. The highest BCUT2D eigenvalue weighted by Crippen LogP contribution is 2.28. The smallest absolute Gasteiger partial charge is 0.139 e. The van der Waals surface area contributed by atoms with Crippen molar-refractivity contribution in [2.24, 2.45) is 0 Å². The van der Waals surface area contributed by atoms with E-state index in [-0.39, 0.29) is 0 Å². The molecule has 2 rings (SSSR count). The average Bonchev–Trinajstić information content (AvgIpc) is 2.79. The quantitative estimate of drug-likeness (QED) is 0.340. The van der Waals surface area contributed by atoms with Crippen molar-refractivity contribution in [1.82, 2.24) is 9.78 Å². The van der Waals surface area contributed by atoms with E-state index in [1.165, 1.54) is 17.1 Å². The number of hydrogen-bond acceptors (Lipinski definition) is 2. The van der Waals surface area contributed by atoms with E-state index >= 15 is 0 Å². The molecule has 6 heteroatoms. The van der Waals surface area contributed by atoms with Gasteiger partial charge in [0.15, 0.2) is 0 Å². The average molecular weight is 404 g/mol. The number of rotatable bonds is 8. The van der Waals surface area contributed by atoms with Crippen LogP contribution in [-0.2, 0) is 17.9 Å². The molecular formula is C16H24BrClN2OSi. The van der Waals surface area contributed by atoms with E-state index in [1.807, 2.05) is 16.8 Å². The Morgan fingerprint density at radius 1 is 1.32 bits per heavy atom. The lowest BCUT2D eigenvalue weighted by Gasteiger charge is -2.16. The molecule has 0 fully saturated rings. The van der Waals surface area contributed by atoms with Crippen LogP contribution in [0.4, 0.5) is 0 Å². The first-order chi connectivity index (χ1) is 10.4. The molecule has 0 bridgehead atoms. The molecule has 2 aromatic rings. The van der Waals surface area contributed by atoms with Gasteiger partial charge in [0.25, 0.3) is 0 Å². The lowest BCUT2D eigenvalue weighted by atomic mass is 10.1. The molecule has 1 aromatic heterocycles. The van der Waals surface area contributed by atoms with Crippen molar-refractivity contribution in [3.8, 4) is 0 Å². The van der Waals surface area contributed by atoms with Gasteiger partial charge >= 0.3 is 0 Å². The van der Waals surface area contributed by atoms with Crippen LogP contribution in [0.15, 0.2) is 22.7 Å². The van der Waals surface area contributed by atoms with Crippen molar-refractivity contribution in [2.75, 3.05) is 12.5 Å². The summed E-state index contributed by atoms with van der Waals surface area (Å²) in [4.78, 5) is 0. The number of nitrogens with zero attached hydrogens (tertiary/aromatic N) is 2. The molecule has 1 heterocycles. The third-order valence-corrected chi connectivity index (χ3v) is 6.21. The van der Waals surface area contributed by atoms with Gasteiger partial charge in [-0.05, 0) is 31.0 Å². The van der Waals surface area contributed by atoms with Gasteiger partial charge < -0.3 is 4.74 Å². The Hall–Kier alpha value is -0.363. The van der Waals surface area contributed by atoms with Gasteiger partial charge in [-0.25, -0.2) is 4.68 Å². The predicted octanol–water partition coefficient (Wildman–Crippen LogP) is 5.28. The highest BCUT2D eigenvalue weighted by molar-refractivity contribution is 9.10. The standard InChI is InChI=1S/C16H24BrClN2OSi/c1-22(2,3)11-10-21-12-20-15(8-5-9-18)16-13(17)6-4-7-14(16)19-20/h4,6-7H,5,8-12H2,1-3H3. The van der Waals surface area contributed by atoms with Crippen molar-refractivity contribution in [3.63, 3.8) is 0 Å². The van der Waals surface area contributed by atoms with Gasteiger partial charge in [-0.1, -0.05) is 41.6 Å². The van der Waals surface area contributed by atoms with Gasteiger partial charge in [-0.2, -0.15) is 5.10 Å². The predicted molar refractivity (Wildman–Crippen MR) is 101 cm³/mol. The second-order valence-corrected chi connectivity index (χ2v) is 13.6. The van der Waals surface area contributed by atoms with E-state index in [2.05, 4.69) is 41.6 Å². The Labute approximate surface area is 147 Å². The molecule has 0 saturated heterocycles. The summed E-state index contributed by atoms with van der Waals surface area (Å²) in [6.45, 7) is 8.41. The molecule has 0 N–H and O–H groups in total. The Bertz CT molecular complexity index is 624.